The van der Waals surface area contributed by atoms with E-state index in [0.29, 0.717) is 16.7 Å². The number of nitrogen functional groups attached to an aromatic ring is 1. The zero-order valence-electron chi connectivity index (χ0n) is 16.7. The lowest BCUT2D eigenvalue weighted by Crippen LogP contribution is -2.19. The van der Waals surface area contributed by atoms with Gasteiger partial charge in [-0.05, 0) is 60.8 Å². The van der Waals surface area contributed by atoms with Gasteiger partial charge in [-0.2, -0.15) is 0 Å². The molecule has 2 aromatic carbocycles. The third kappa shape index (κ3) is 5.50. The Morgan fingerprint density at radius 2 is 2.00 bits per heavy atom. The van der Waals surface area contributed by atoms with Crippen molar-refractivity contribution in [3.8, 4) is 5.75 Å². The minimum atomic E-state index is -0.907. The van der Waals surface area contributed by atoms with Gasteiger partial charge in [0, 0.05) is 17.5 Å². The predicted molar refractivity (Wildman–Crippen MR) is 124 cm³/mol. The van der Waals surface area contributed by atoms with Crippen LogP contribution in [0.5, 0.6) is 5.75 Å². The molecule has 1 aliphatic heterocycles. The molecule has 3 aromatic rings. The lowest BCUT2D eigenvalue weighted by atomic mass is 9.91. The number of amidine groups is 1. The molecule has 4 rings (SSSR count). The molecular formula is C22H25Cl2N3O4. The number of hydrogen-bond donors (Lipinski definition) is 4. The maximum atomic E-state index is 12.0. The lowest BCUT2D eigenvalue weighted by molar-refractivity contribution is -0.138. The maximum Gasteiger partial charge on any atom is 0.311 e. The summed E-state index contributed by atoms with van der Waals surface area (Å²) in [6.07, 6.45) is 2.98. The highest BCUT2D eigenvalue weighted by Gasteiger charge is 2.23. The van der Waals surface area contributed by atoms with Crippen molar-refractivity contribution in [3.05, 3.63) is 65.4 Å². The van der Waals surface area contributed by atoms with Gasteiger partial charge in [0.15, 0.2) is 0 Å². The van der Waals surface area contributed by atoms with Crippen molar-refractivity contribution < 1.29 is 19.1 Å². The molecule has 166 valence electrons. The molecule has 9 heteroatoms. The summed E-state index contributed by atoms with van der Waals surface area (Å²) in [6.45, 7) is 1.78. The van der Waals surface area contributed by atoms with E-state index in [4.69, 9.17) is 20.3 Å². The Morgan fingerprint density at radius 1 is 1.26 bits per heavy atom. The first-order valence-corrected chi connectivity index (χ1v) is 9.56. The number of ether oxygens (including phenoxy) is 1. The van der Waals surface area contributed by atoms with Crippen molar-refractivity contribution in [1.29, 1.82) is 5.41 Å². The molecule has 0 bridgehead atoms. The first-order valence-electron chi connectivity index (χ1n) is 9.56. The molecule has 5 N–H and O–H groups in total. The molecule has 0 amide bonds. The van der Waals surface area contributed by atoms with Gasteiger partial charge in [-0.15, -0.1) is 24.8 Å². The standard InChI is InChI=1S/C22H23N3O4.2ClH/c23-21(24)14-3-6-20-18(9-14)15(12-28-20)10-19(22(26)27)13-1-4-16(5-2-13)29-17-7-8-25-11-17;;/h1-6,9,12,17,19,25H,7-8,10-11H2,(H3,23,24)(H,26,27);2*1H/t17-,19?;;/m0../s1. The average molecular weight is 466 g/mol. The van der Waals surface area contributed by atoms with Gasteiger partial charge in [-0.25, -0.2) is 0 Å². The van der Waals surface area contributed by atoms with E-state index < -0.39 is 11.9 Å². The molecule has 0 saturated carbocycles. The SMILES string of the molecule is Cl.Cl.N=C(N)c1ccc2occ(CC(C(=O)O)c3ccc(O[C@H]4CCNC4)cc3)c2c1. The fraction of sp³-hybridized carbons (Fsp3) is 0.273. The fourth-order valence-electron chi connectivity index (χ4n) is 3.67. The molecule has 1 saturated heterocycles. The monoisotopic (exact) mass is 465 g/mol. The highest BCUT2D eigenvalue weighted by molar-refractivity contribution is 5.99. The van der Waals surface area contributed by atoms with Crippen LogP contribution in [0.25, 0.3) is 11.0 Å². The zero-order valence-corrected chi connectivity index (χ0v) is 18.3. The Bertz CT molecular complexity index is 1050. The van der Waals surface area contributed by atoms with E-state index in [0.717, 1.165) is 36.2 Å². The smallest absolute Gasteiger partial charge is 0.311 e. The zero-order chi connectivity index (χ0) is 20.4. The first kappa shape index (κ1) is 24.5. The van der Waals surface area contributed by atoms with Crippen LogP contribution in [0.4, 0.5) is 0 Å². The summed E-state index contributed by atoms with van der Waals surface area (Å²) in [5.74, 6) is -0.928. The molecule has 0 spiro atoms. The second kappa shape index (κ2) is 10.5. The number of nitrogens with one attached hydrogen (secondary N) is 2. The molecule has 2 atom stereocenters. The number of benzene rings is 2. The summed E-state index contributed by atoms with van der Waals surface area (Å²) >= 11 is 0. The van der Waals surface area contributed by atoms with Crippen LogP contribution < -0.4 is 15.8 Å². The average Bonchev–Trinajstić information content (AvgIpc) is 3.36. The summed E-state index contributed by atoms with van der Waals surface area (Å²) < 4.78 is 11.5. The highest BCUT2D eigenvalue weighted by atomic mass is 35.5. The Morgan fingerprint density at radius 3 is 2.61 bits per heavy atom. The number of hydrogen-bond acceptors (Lipinski definition) is 5. The van der Waals surface area contributed by atoms with Gasteiger partial charge < -0.3 is 25.3 Å². The number of fused-ring (bicyclic) bond motifs is 1. The number of carboxylic acid groups (broad SMARTS) is 1. The van der Waals surface area contributed by atoms with Crippen LogP contribution >= 0.6 is 24.8 Å². The number of furan rings is 1. The fourth-order valence-corrected chi connectivity index (χ4v) is 3.67. The van der Waals surface area contributed by atoms with Crippen LogP contribution in [0.15, 0.2) is 53.1 Å². The summed E-state index contributed by atoms with van der Waals surface area (Å²) in [4.78, 5) is 12.0. The normalized spacial score (nSPS) is 16.2. The predicted octanol–water partition coefficient (Wildman–Crippen LogP) is 3.71. The van der Waals surface area contributed by atoms with Crippen LogP contribution in [0.3, 0.4) is 0 Å². The van der Waals surface area contributed by atoms with Gasteiger partial charge in [0.05, 0.1) is 12.2 Å². The molecule has 1 unspecified atom stereocenters. The Hall–Kier alpha value is -2.74. The largest absolute Gasteiger partial charge is 0.489 e. The van der Waals surface area contributed by atoms with Crippen LogP contribution in [-0.4, -0.2) is 36.1 Å². The Labute approximate surface area is 192 Å². The van der Waals surface area contributed by atoms with Crippen molar-refractivity contribution in [3.63, 3.8) is 0 Å². The topological polar surface area (TPSA) is 122 Å². The molecule has 1 aliphatic rings. The van der Waals surface area contributed by atoms with E-state index in [1.54, 1.807) is 36.6 Å². The number of aliphatic carboxylic acids is 1. The van der Waals surface area contributed by atoms with E-state index in [1.807, 2.05) is 12.1 Å². The van der Waals surface area contributed by atoms with Crippen LogP contribution in [0.1, 0.15) is 29.0 Å². The Balaban J connectivity index is 0.00000171. The van der Waals surface area contributed by atoms with Gasteiger partial charge in [0.2, 0.25) is 0 Å². The van der Waals surface area contributed by atoms with E-state index in [-0.39, 0.29) is 43.2 Å². The van der Waals surface area contributed by atoms with E-state index >= 15 is 0 Å². The second-order valence-corrected chi connectivity index (χ2v) is 7.28. The van der Waals surface area contributed by atoms with Crippen molar-refractivity contribution in [2.24, 2.45) is 5.73 Å². The summed E-state index contributed by atoms with van der Waals surface area (Å²) in [6, 6.07) is 12.5. The van der Waals surface area contributed by atoms with E-state index in [9.17, 15) is 9.90 Å². The number of nitrogens with two attached hydrogens (primary N) is 1. The quantitative estimate of drug-likeness (QED) is 0.311. The molecular weight excluding hydrogens is 441 g/mol. The van der Waals surface area contributed by atoms with Crippen LogP contribution in [-0.2, 0) is 11.2 Å². The van der Waals surface area contributed by atoms with Crippen molar-refractivity contribution in [2.45, 2.75) is 24.9 Å². The van der Waals surface area contributed by atoms with Crippen LogP contribution in [0.2, 0.25) is 0 Å². The van der Waals surface area contributed by atoms with Crippen molar-refractivity contribution >= 4 is 47.6 Å². The number of carbonyl (C=O) groups is 1. The number of carboxylic acids is 1. The summed E-state index contributed by atoms with van der Waals surface area (Å²) in [7, 11) is 0. The highest BCUT2D eigenvalue weighted by Crippen LogP contribution is 2.29. The molecule has 0 aliphatic carbocycles. The maximum absolute atomic E-state index is 12.0. The first-order chi connectivity index (χ1) is 14.0. The third-order valence-corrected chi connectivity index (χ3v) is 5.29. The molecule has 7 nitrogen and oxygen atoms in total. The van der Waals surface area contributed by atoms with Crippen molar-refractivity contribution in [2.75, 3.05) is 13.1 Å². The molecule has 0 radical (unpaired) electrons. The van der Waals surface area contributed by atoms with Crippen LogP contribution in [0, 0.1) is 5.41 Å². The van der Waals surface area contributed by atoms with Gasteiger partial charge in [0.25, 0.3) is 0 Å². The molecule has 2 heterocycles. The molecule has 1 fully saturated rings. The van der Waals surface area contributed by atoms with Gasteiger partial charge in [-0.1, -0.05) is 12.1 Å². The second-order valence-electron chi connectivity index (χ2n) is 7.28. The van der Waals surface area contributed by atoms with Gasteiger partial charge in [0.1, 0.15) is 23.3 Å². The van der Waals surface area contributed by atoms with E-state index in [2.05, 4.69) is 5.32 Å². The number of rotatable bonds is 7. The molecule has 31 heavy (non-hydrogen) atoms. The molecule has 1 aromatic heterocycles. The lowest BCUT2D eigenvalue weighted by Gasteiger charge is -2.15. The minimum absolute atomic E-state index is 0. The number of halogens is 2. The Kier molecular flexibility index (Phi) is 8.33. The summed E-state index contributed by atoms with van der Waals surface area (Å²) in [5, 5.41) is 21.5. The summed E-state index contributed by atoms with van der Waals surface area (Å²) in [5.41, 5.74) is 8.27. The van der Waals surface area contributed by atoms with Gasteiger partial charge >= 0.3 is 5.97 Å². The van der Waals surface area contributed by atoms with Gasteiger partial charge in [-0.3, -0.25) is 10.2 Å². The van der Waals surface area contributed by atoms with E-state index in [1.165, 1.54) is 0 Å². The minimum Gasteiger partial charge on any atom is -0.489 e. The van der Waals surface area contributed by atoms with Crippen molar-refractivity contribution in [1.82, 2.24) is 5.32 Å². The third-order valence-electron chi connectivity index (χ3n) is 5.29.